The third-order valence-electron chi connectivity index (χ3n) is 4.74. The highest BCUT2D eigenvalue weighted by molar-refractivity contribution is 7.89. The van der Waals surface area contributed by atoms with Crippen LogP contribution in [0.1, 0.15) is 12.8 Å². The molecule has 0 spiro atoms. The molecule has 0 unspecified atom stereocenters. The van der Waals surface area contributed by atoms with Gasteiger partial charge in [-0.2, -0.15) is 4.31 Å². The topological polar surface area (TPSA) is 59.1 Å². The first-order valence-corrected chi connectivity index (χ1v) is 9.98. The monoisotopic (exact) mass is 412 g/mol. The normalized spacial score (nSPS) is 21.3. The van der Waals surface area contributed by atoms with Crippen LogP contribution >= 0.6 is 0 Å². The first-order chi connectivity index (χ1) is 12.7. The van der Waals surface area contributed by atoms with E-state index >= 15 is 0 Å². The fraction of sp³-hybridized carbons (Fsp3) is 0.625. The number of halogens is 4. The summed E-state index contributed by atoms with van der Waals surface area (Å²) < 4.78 is 86.2. The Bertz CT molecular complexity index is 758. The Hall–Kier alpha value is -1.43. The molecule has 2 heterocycles. The highest BCUT2D eigenvalue weighted by Gasteiger charge is 2.35. The minimum Gasteiger partial charge on any atom is -0.406 e. The molecule has 0 atom stereocenters. The number of sulfonamides is 1. The number of alkyl halides is 3. The summed E-state index contributed by atoms with van der Waals surface area (Å²) in [6.45, 7) is 2.78. The van der Waals surface area contributed by atoms with Crippen LogP contribution in [0.25, 0.3) is 0 Å². The number of nitrogens with zero attached hydrogens (tertiary/aromatic N) is 2. The second-order valence-electron chi connectivity index (χ2n) is 6.42. The van der Waals surface area contributed by atoms with Crippen molar-refractivity contribution >= 4 is 10.0 Å². The van der Waals surface area contributed by atoms with Crippen LogP contribution in [0.3, 0.4) is 0 Å². The van der Waals surface area contributed by atoms with Crippen molar-refractivity contribution in [3.05, 3.63) is 24.0 Å². The molecule has 0 amide bonds. The zero-order valence-electron chi connectivity index (χ0n) is 14.4. The van der Waals surface area contributed by atoms with Crippen molar-refractivity contribution in [1.29, 1.82) is 0 Å². The third kappa shape index (κ3) is 4.89. The highest BCUT2D eigenvalue weighted by atomic mass is 32.2. The van der Waals surface area contributed by atoms with Gasteiger partial charge in [0.25, 0.3) is 0 Å². The van der Waals surface area contributed by atoms with Gasteiger partial charge >= 0.3 is 6.36 Å². The first kappa shape index (κ1) is 20.3. The van der Waals surface area contributed by atoms with Gasteiger partial charge in [0.05, 0.1) is 0 Å². The number of piperazine rings is 1. The molecule has 2 fully saturated rings. The summed E-state index contributed by atoms with van der Waals surface area (Å²) in [6.07, 6.45) is -3.20. The average molecular weight is 412 g/mol. The van der Waals surface area contributed by atoms with Gasteiger partial charge in [-0.15, -0.1) is 13.2 Å². The van der Waals surface area contributed by atoms with Crippen LogP contribution in [-0.2, 0) is 14.8 Å². The van der Waals surface area contributed by atoms with Crippen LogP contribution in [0.4, 0.5) is 17.6 Å². The molecular weight excluding hydrogens is 392 g/mol. The van der Waals surface area contributed by atoms with Gasteiger partial charge in [0, 0.05) is 51.5 Å². The fourth-order valence-corrected chi connectivity index (χ4v) is 4.85. The van der Waals surface area contributed by atoms with Crippen LogP contribution in [-0.4, -0.2) is 69.4 Å². The molecule has 27 heavy (non-hydrogen) atoms. The quantitative estimate of drug-likeness (QED) is 0.710. The smallest absolute Gasteiger partial charge is 0.406 e. The summed E-state index contributed by atoms with van der Waals surface area (Å²) in [5.41, 5.74) is 0. The Balaban J connectivity index is 1.68. The molecule has 0 radical (unpaired) electrons. The first-order valence-electron chi connectivity index (χ1n) is 8.54. The summed E-state index contributed by atoms with van der Waals surface area (Å²) in [5, 5.41) is 0. The van der Waals surface area contributed by atoms with Crippen molar-refractivity contribution < 1.29 is 35.5 Å². The minimum absolute atomic E-state index is 0.194. The number of benzene rings is 1. The van der Waals surface area contributed by atoms with E-state index in [4.69, 9.17) is 4.74 Å². The second kappa shape index (κ2) is 7.90. The lowest BCUT2D eigenvalue weighted by Gasteiger charge is -2.40. The van der Waals surface area contributed by atoms with E-state index in [2.05, 4.69) is 9.64 Å². The summed E-state index contributed by atoms with van der Waals surface area (Å²) in [5.74, 6) is -2.08. The van der Waals surface area contributed by atoms with E-state index in [0.29, 0.717) is 38.4 Å². The maximum Gasteiger partial charge on any atom is 0.573 e. The Labute approximate surface area is 154 Å². The molecular formula is C16H20F4N2O4S. The van der Waals surface area contributed by atoms with Gasteiger partial charge in [-0.3, -0.25) is 4.90 Å². The average Bonchev–Trinajstić information content (AvgIpc) is 2.61. The molecule has 0 aromatic heterocycles. The van der Waals surface area contributed by atoms with Crippen molar-refractivity contribution in [2.24, 2.45) is 0 Å². The standard InChI is InChI=1S/C16H20F4N2O4S/c17-14-11-13(26-16(18,19)20)1-2-15(14)27(23,24)22-7-5-21(6-8-22)12-3-9-25-10-4-12/h1-2,11-12H,3-10H2. The van der Waals surface area contributed by atoms with Gasteiger partial charge in [0.2, 0.25) is 10.0 Å². The number of hydrogen-bond acceptors (Lipinski definition) is 5. The van der Waals surface area contributed by atoms with Crippen LogP contribution in [0.2, 0.25) is 0 Å². The van der Waals surface area contributed by atoms with Crippen molar-refractivity contribution in [1.82, 2.24) is 9.21 Å². The Kier molecular flexibility index (Phi) is 5.94. The van der Waals surface area contributed by atoms with Crippen LogP contribution in [0.5, 0.6) is 5.75 Å². The van der Waals surface area contributed by atoms with Crippen molar-refractivity contribution in [3.63, 3.8) is 0 Å². The summed E-state index contributed by atoms with van der Waals surface area (Å²) >= 11 is 0. The van der Waals surface area contributed by atoms with E-state index in [1.807, 2.05) is 0 Å². The molecule has 0 aliphatic carbocycles. The lowest BCUT2D eigenvalue weighted by molar-refractivity contribution is -0.274. The van der Waals surface area contributed by atoms with Gasteiger partial charge in [-0.25, -0.2) is 12.8 Å². The highest BCUT2D eigenvalue weighted by Crippen LogP contribution is 2.28. The van der Waals surface area contributed by atoms with E-state index in [0.717, 1.165) is 29.3 Å². The zero-order chi connectivity index (χ0) is 19.7. The third-order valence-corrected chi connectivity index (χ3v) is 6.67. The molecule has 2 aliphatic heterocycles. The summed E-state index contributed by atoms with van der Waals surface area (Å²) in [7, 11) is -4.14. The van der Waals surface area contributed by atoms with Crippen LogP contribution < -0.4 is 4.74 Å². The van der Waals surface area contributed by atoms with Crippen molar-refractivity contribution in [2.45, 2.75) is 30.1 Å². The SMILES string of the molecule is O=S(=O)(c1ccc(OC(F)(F)F)cc1F)N1CCN(C2CCOCC2)CC1. The van der Waals surface area contributed by atoms with Crippen LogP contribution in [0, 0.1) is 5.82 Å². The molecule has 1 aromatic rings. The molecule has 6 nitrogen and oxygen atoms in total. The molecule has 2 aliphatic rings. The fourth-order valence-electron chi connectivity index (χ4n) is 3.39. The van der Waals surface area contributed by atoms with E-state index in [-0.39, 0.29) is 13.1 Å². The summed E-state index contributed by atoms with van der Waals surface area (Å²) in [6, 6.07) is 2.37. The minimum atomic E-state index is -4.98. The molecule has 152 valence electrons. The molecule has 2 saturated heterocycles. The van der Waals surface area contributed by atoms with Gasteiger partial charge in [0.1, 0.15) is 16.5 Å². The maximum absolute atomic E-state index is 14.2. The molecule has 0 N–H and O–H groups in total. The van der Waals surface area contributed by atoms with E-state index < -0.39 is 32.8 Å². The van der Waals surface area contributed by atoms with E-state index in [1.54, 1.807) is 0 Å². The van der Waals surface area contributed by atoms with E-state index in [1.165, 1.54) is 0 Å². The Morgan fingerprint density at radius 3 is 2.26 bits per heavy atom. The predicted octanol–water partition coefficient (Wildman–Crippen LogP) is 2.21. The van der Waals surface area contributed by atoms with Gasteiger partial charge in [0.15, 0.2) is 0 Å². The number of hydrogen-bond donors (Lipinski definition) is 0. The Morgan fingerprint density at radius 2 is 1.70 bits per heavy atom. The second-order valence-corrected chi connectivity index (χ2v) is 8.33. The predicted molar refractivity (Wildman–Crippen MR) is 87.3 cm³/mol. The molecule has 11 heteroatoms. The lowest BCUT2D eigenvalue weighted by atomic mass is 10.1. The molecule has 0 saturated carbocycles. The van der Waals surface area contributed by atoms with Crippen molar-refractivity contribution in [3.8, 4) is 5.75 Å². The van der Waals surface area contributed by atoms with E-state index in [9.17, 15) is 26.0 Å². The van der Waals surface area contributed by atoms with Gasteiger partial charge in [-0.1, -0.05) is 0 Å². The molecule has 3 rings (SSSR count). The summed E-state index contributed by atoms with van der Waals surface area (Å²) in [4.78, 5) is 1.54. The molecule has 1 aromatic carbocycles. The Morgan fingerprint density at radius 1 is 1.07 bits per heavy atom. The van der Waals surface area contributed by atoms with Gasteiger partial charge < -0.3 is 9.47 Å². The number of rotatable bonds is 4. The zero-order valence-corrected chi connectivity index (χ0v) is 15.2. The molecule has 0 bridgehead atoms. The largest absolute Gasteiger partial charge is 0.573 e. The van der Waals surface area contributed by atoms with Crippen LogP contribution in [0.15, 0.2) is 23.1 Å². The van der Waals surface area contributed by atoms with Crippen molar-refractivity contribution in [2.75, 3.05) is 39.4 Å². The van der Waals surface area contributed by atoms with Gasteiger partial charge in [-0.05, 0) is 25.0 Å². The maximum atomic E-state index is 14.2. The lowest BCUT2D eigenvalue weighted by Crippen LogP contribution is -2.53. The number of ether oxygens (including phenoxy) is 2.